The molecule has 0 aliphatic rings. The lowest BCUT2D eigenvalue weighted by atomic mass is 9.80. The summed E-state index contributed by atoms with van der Waals surface area (Å²) >= 11 is 4.80. The van der Waals surface area contributed by atoms with Crippen molar-refractivity contribution in [3.05, 3.63) is 29.3 Å². The van der Waals surface area contributed by atoms with Crippen LogP contribution in [0.15, 0.2) is 18.2 Å². The molecule has 180 valence electrons. The quantitative estimate of drug-likeness (QED) is 0.235. The van der Waals surface area contributed by atoms with Crippen LogP contribution in [0.4, 0.5) is 0 Å². The Morgan fingerprint density at radius 3 is 1.87 bits per heavy atom. The molecule has 3 nitrogen and oxygen atoms in total. The predicted octanol–water partition coefficient (Wildman–Crippen LogP) is 7.94. The van der Waals surface area contributed by atoms with Crippen LogP contribution in [-0.2, 0) is 19.7 Å². The molecule has 1 aromatic rings. The summed E-state index contributed by atoms with van der Waals surface area (Å²) in [7, 11) is -2.89. The van der Waals surface area contributed by atoms with E-state index in [1.807, 2.05) is 0 Å². The molecule has 1 aromatic carbocycles. The van der Waals surface area contributed by atoms with E-state index in [0.29, 0.717) is 18.5 Å². The number of hydrogen-bond acceptors (Lipinski definition) is 4. The van der Waals surface area contributed by atoms with E-state index in [1.165, 1.54) is 11.1 Å². The van der Waals surface area contributed by atoms with Crippen molar-refractivity contribution >= 4 is 21.4 Å². The van der Waals surface area contributed by atoms with E-state index >= 15 is 0 Å². The van der Waals surface area contributed by atoms with Crippen LogP contribution < -0.4 is 4.43 Å². The second-order valence-electron chi connectivity index (χ2n) is 10.7. The van der Waals surface area contributed by atoms with E-state index in [4.69, 9.17) is 25.9 Å². The zero-order valence-electron chi connectivity index (χ0n) is 21.6. The number of rotatable bonds is 13. The van der Waals surface area contributed by atoms with Crippen molar-refractivity contribution in [2.45, 2.75) is 117 Å². The molecule has 0 saturated carbocycles. The van der Waals surface area contributed by atoms with Crippen LogP contribution in [0.3, 0.4) is 0 Å². The summed E-state index contributed by atoms with van der Waals surface area (Å²) in [6.45, 7) is 21.3. The maximum absolute atomic E-state index is 6.82. The van der Waals surface area contributed by atoms with Crippen LogP contribution in [0.25, 0.3) is 0 Å². The van der Waals surface area contributed by atoms with Crippen LogP contribution in [-0.4, -0.2) is 27.3 Å². The van der Waals surface area contributed by atoms with Crippen molar-refractivity contribution in [2.75, 3.05) is 13.2 Å². The Labute approximate surface area is 199 Å². The van der Waals surface area contributed by atoms with E-state index < -0.39 is 8.80 Å². The number of hydrogen-bond donors (Lipinski definition) is 1. The summed E-state index contributed by atoms with van der Waals surface area (Å²) in [5, 5.41) is 0.348. The van der Waals surface area contributed by atoms with Crippen molar-refractivity contribution in [3.8, 4) is 5.75 Å². The Bertz CT molecular complexity index is 641. The average Bonchev–Trinajstić information content (AvgIpc) is 2.68. The first-order valence-corrected chi connectivity index (χ1v) is 14.6. The number of thiol groups is 1. The largest absolute Gasteiger partial charge is 0.566 e. The Kier molecular flexibility index (Phi) is 11.7. The lowest BCUT2D eigenvalue weighted by Crippen LogP contribution is -2.50. The lowest BCUT2D eigenvalue weighted by molar-refractivity contribution is 0.104. The highest BCUT2D eigenvalue weighted by Crippen LogP contribution is 2.38. The molecular weight excluding hydrogens is 420 g/mol. The third-order valence-electron chi connectivity index (χ3n) is 5.38. The molecule has 31 heavy (non-hydrogen) atoms. The Morgan fingerprint density at radius 2 is 1.42 bits per heavy atom. The molecule has 0 radical (unpaired) electrons. The van der Waals surface area contributed by atoms with Crippen LogP contribution in [0.5, 0.6) is 5.75 Å². The van der Waals surface area contributed by atoms with Gasteiger partial charge in [0.05, 0.1) is 0 Å². The molecule has 0 amide bonds. The van der Waals surface area contributed by atoms with Crippen molar-refractivity contribution in [3.63, 3.8) is 0 Å². The number of benzene rings is 1. The topological polar surface area (TPSA) is 27.7 Å². The molecule has 1 rings (SSSR count). The van der Waals surface area contributed by atoms with Gasteiger partial charge in [0.1, 0.15) is 5.75 Å². The molecule has 1 unspecified atom stereocenters. The fourth-order valence-corrected chi connectivity index (χ4v) is 6.94. The van der Waals surface area contributed by atoms with Gasteiger partial charge in [-0.2, -0.15) is 12.6 Å². The van der Waals surface area contributed by atoms with Gasteiger partial charge in [0.15, 0.2) is 0 Å². The van der Waals surface area contributed by atoms with Gasteiger partial charge in [0, 0.05) is 24.5 Å². The zero-order chi connectivity index (χ0) is 23.7. The van der Waals surface area contributed by atoms with Crippen molar-refractivity contribution in [1.82, 2.24) is 0 Å². The van der Waals surface area contributed by atoms with E-state index in [0.717, 1.165) is 43.9 Å². The third kappa shape index (κ3) is 9.49. The fraction of sp³-hybridized carbons (Fsp3) is 0.769. The van der Waals surface area contributed by atoms with Gasteiger partial charge in [-0.3, -0.25) is 0 Å². The summed E-state index contributed by atoms with van der Waals surface area (Å²) in [6.07, 6.45) is 5.08. The second kappa shape index (κ2) is 12.7. The van der Waals surface area contributed by atoms with Crippen LogP contribution >= 0.6 is 12.6 Å². The molecule has 0 spiro atoms. The van der Waals surface area contributed by atoms with Crippen molar-refractivity contribution in [1.29, 1.82) is 0 Å². The molecule has 5 heteroatoms. The minimum atomic E-state index is -2.89. The van der Waals surface area contributed by atoms with Gasteiger partial charge >= 0.3 is 8.80 Å². The SMILES string of the molecule is CCCO[Si](CCC(S)CCC)(OCCC)Oc1ccc(C(C)(C)C)cc1C(C)(C)C. The first kappa shape index (κ1) is 28.5. The predicted molar refractivity (Wildman–Crippen MR) is 140 cm³/mol. The van der Waals surface area contributed by atoms with Crippen molar-refractivity contribution < 1.29 is 13.3 Å². The highest BCUT2D eigenvalue weighted by atomic mass is 32.1. The summed E-state index contributed by atoms with van der Waals surface area (Å²) in [4.78, 5) is 0. The lowest BCUT2D eigenvalue weighted by Gasteiger charge is -2.34. The van der Waals surface area contributed by atoms with Crippen molar-refractivity contribution in [2.24, 2.45) is 0 Å². The van der Waals surface area contributed by atoms with Gasteiger partial charge in [0.25, 0.3) is 0 Å². The van der Waals surface area contributed by atoms with Gasteiger partial charge in [-0.25, -0.2) is 0 Å². The van der Waals surface area contributed by atoms with E-state index in [1.54, 1.807) is 0 Å². The Balaban J connectivity index is 3.37. The van der Waals surface area contributed by atoms with Crippen LogP contribution in [0, 0.1) is 0 Å². The summed E-state index contributed by atoms with van der Waals surface area (Å²) < 4.78 is 19.7. The van der Waals surface area contributed by atoms with E-state index in [9.17, 15) is 0 Å². The maximum Gasteiger partial charge on any atom is 0.566 e. The minimum Gasteiger partial charge on any atom is -0.500 e. The maximum atomic E-state index is 6.82. The first-order chi connectivity index (χ1) is 14.4. The molecule has 1 atom stereocenters. The fourth-order valence-electron chi connectivity index (χ4n) is 3.47. The molecule has 0 heterocycles. The molecule has 0 saturated heterocycles. The van der Waals surface area contributed by atoms with E-state index in [2.05, 4.69) is 80.5 Å². The molecular formula is C26H48O3SSi. The molecule has 0 aromatic heterocycles. The third-order valence-corrected chi connectivity index (χ3v) is 8.61. The minimum absolute atomic E-state index is 0.0411. The molecule has 0 bridgehead atoms. The summed E-state index contributed by atoms with van der Waals surface area (Å²) in [5.41, 5.74) is 2.58. The second-order valence-corrected chi connectivity index (χ2v) is 14.1. The van der Waals surface area contributed by atoms with E-state index in [-0.39, 0.29) is 10.8 Å². The molecule has 0 aliphatic heterocycles. The van der Waals surface area contributed by atoms with Gasteiger partial charge in [-0.05, 0) is 53.7 Å². The Morgan fingerprint density at radius 1 is 0.839 bits per heavy atom. The van der Waals surface area contributed by atoms with Gasteiger partial charge in [-0.15, -0.1) is 0 Å². The molecule has 0 aliphatic carbocycles. The monoisotopic (exact) mass is 468 g/mol. The molecule has 0 N–H and O–H groups in total. The van der Waals surface area contributed by atoms with Gasteiger partial charge in [-0.1, -0.05) is 80.9 Å². The smallest absolute Gasteiger partial charge is 0.500 e. The zero-order valence-corrected chi connectivity index (χ0v) is 23.5. The van der Waals surface area contributed by atoms with Gasteiger partial charge < -0.3 is 13.3 Å². The van der Waals surface area contributed by atoms with Crippen LogP contribution in [0.1, 0.15) is 106 Å². The molecule has 0 fully saturated rings. The standard InChI is InChI=1S/C26H48O3SSi/c1-10-13-22(30)16-19-31(27-17-11-2,28-18-12-3)29-24-15-14-21(25(4,5)6)20-23(24)26(7,8)9/h14-15,20,22,30H,10-13,16-19H2,1-9H3. The average molecular weight is 469 g/mol. The highest BCUT2D eigenvalue weighted by Gasteiger charge is 2.44. The normalized spacial score (nSPS) is 14.0. The Hall–Kier alpha value is -0.493. The summed E-state index contributed by atoms with van der Waals surface area (Å²) in [6, 6.07) is 7.44. The highest BCUT2D eigenvalue weighted by molar-refractivity contribution is 7.80. The van der Waals surface area contributed by atoms with Gasteiger partial charge in [0.2, 0.25) is 0 Å². The summed E-state index contributed by atoms with van der Waals surface area (Å²) in [5.74, 6) is 0.908. The van der Waals surface area contributed by atoms with Crippen LogP contribution in [0.2, 0.25) is 6.04 Å². The first-order valence-electron chi connectivity index (χ1n) is 12.2.